The normalized spacial score (nSPS) is 10.8. The lowest BCUT2D eigenvalue weighted by molar-refractivity contribution is -0.113. The van der Waals surface area contributed by atoms with Crippen LogP contribution in [0.1, 0.15) is 12.5 Å². The first-order valence-electron chi connectivity index (χ1n) is 8.53. The number of thioether (sulfide) groups is 1. The summed E-state index contributed by atoms with van der Waals surface area (Å²) in [7, 11) is 3.40. The van der Waals surface area contributed by atoms with Gasteiger partial charge in [-0.2, -0.15) is 0 Å². The van der Waals surface area contributed by atoms with Gasteiger partial charge >= 0.3 is 0 Å². The Hall–Kier alpha value is -2.81. The van der Waals surface area contributed by atoms with Gasteiger partial charge in [0.25, 0.3) is 0 Å². The van der Waals surface area contributed by atoms with E-state index in [1.54, 1.807) is 11.8 Å². The number of nitrogens with zero attached hydrogens (tertiary/aromatic N) is 5. The quantitative estimate of drug-likeness (QED) is 0.628. The van der Waals surface area contributed by atoms with Crippen molar-refractivity contribution in [3.8, 4) is 17.3 Å². The van der Waals surface area contributed by atoms with E-state index in [4.69, 9.17) is 4.74 Å². The van der Waals surface area contributed by atoms with Crippen LogP contribution in [0.2, 0.25) is 0 Å². The molecule has 3 aromatic rings. The van der Waals surface area contributed by atoms with Crippen LogP contribution in [0.3, 0.4) is 0 Å². The highest BCUT2D eigenvalue weighted by molar-refractivity contribution is 7.99. The van der Waals surface area contributed by atoms with Gasteiger partial charge in [-0.25, -0.2) is 0 Å². The van der Waals surface area contributed by atoms with Crippen molar-refractivity contribution >= 4 is 23.4 Å². The molecule has 8 nitrogen and oxygen atoms in total. The molecular formula is C18H22N6O2S. The summed E-state index contributed by atoms with van der Waals surface area (Å²) in [5.41, 5.74) is 2.62. The van der Waals surface area contributed by atoms with Crippen LogP contribution < -0.4 is 10.1 Å². The Bertz CT molecular complexity index is 949. The predicted octanol–water partition coefficient (Wildman–Crippen LogP) is 2.75. The highest BCUT2D eigenvalue weighted by Gasteiger charge is 2.20. The minimum atomic E-state index is -0.0829. The Morgan fingerprint density at radius 2 is 2.07 bits per heavy atom. The fourth-order valence-electron chi connectivity index (χ4n) is 2.68. The fourth-order valence-corrected chi connectivity index (χ4v) is 3.48. The summed E-state index contributed by atoms with van der Waals surface area (Å²) in [4.78, 5) is 12.3. The third-order valence-electron chi connectivity index (χ3n) is 4.01. The van der Waals surface area contributed by atoms with Gasteiger partial charge in [-0.15, -0.1) is 15.3 Å². The Morgan fingerprint density at radius 3 is 2.78 bits per heavy atom. The topological polar surface area (TPSA) is 86.9 Å². The van der Waals surface area contributed by atoms with Crippen LogP contribution in [0.15, 0.2) is 35.6 Å². The molecule has 0 aliphatic rings. The van der Waals surface area contributed by atoms with Crippen molar-refractivity contribution in [3.05, 3.63) is 36.0 Å². The van der Waals surface area contributed by atoms with E-state index in [9.17, 15) is 4.79 Å². The summed E-state index contributed by atoms with van der Waals surface area (Å²) in [6, 6.07) is 7.69. The standard InChI is InChI=1S/C18H22N6O2S/c1-5-24-16(13-10-23(3)22-17(13)26-4)20-21-18(24)27-11-15(25)19-14-9-7-6-8-12(14)2/h6-10H,5,11H2,1-4H3,(H,19,25). The minimum Gasteiger partial charge on any atom is -0.479 e. The lowest BCUT2D eigenvalue weighted by Crippen LogP contribution is -2.15. The lowest BCUT2D eigenvalue weighted by Gasteiger charge is -2.09. The second kappa shape index (κ2) is 8.26. The summed E-state index contributed by atoms with van der Waals surface area (Å²) in [6.45, 7) is 4.64. The molecule has 0 atom stereocenters. The minimum absolute atomic E-state index is 0.0829. The van der Waals surface area contributed by atoms with E-state index >= 15 is 0 Å². The molecule has 3 rings (SSSR count). The van der Waals surface area contributed by atoms with E-state index < -0.39 is 0 Å². The van der Waals surface area contributed by atoms with Crippen molar-refractivity contribution in [2.45, 2.75) is 25.5 Å². The molecule has 1 amide bonds. The molecule has 2 heterocycles. The van der Waals surface area contributed by atoms with E-state index in [0.717, 1.165) is 16.8 Å². The zero-order valence-corrected chi connectivity index (χ0v) is 16.6. The van der Waals surface area contributed by atoms with Crippen LogP contribution in [0.25, 0.3) is 11.4 Å². The molecular weight excluding hydrogens is 364 g/mol. The maximum absolute atomic E-state index is 12.3. The van der Waals surface area contributed by atoms with Crippen LogP contribution in [0, 0.1) is 6.92 Å². The first-order chi connectivity index (χ1) is 13.0. The number of rotatable bonds is 7. The van der Waals surface area contributed by atoms with E-state index in [1.807, 2.05) is 55.9 Å². The van der Waals surface area contributed by atoms with Gasteiger partial charge in [0.15, 0.2) is 11.0 Å². The van der Waals surface area contributed by atoms with Crippen molar-refractivity contribution in [2.24, 2.45) is 7.05 Å². The number of hydrogen-bond acceptors (Lipinski definition) is 6. The van der Waals surface area contributed by atoms with Crippen molar-refractivity contribution < 1.29 is 9.53 Å². The van der Waals surface area contributed by atoms with Crippen LogP contribution in [0.5, 0.6) is 5.88 Å². The molecule has 0 bridgehead atoms. The Kier molecular flexibility index (Phi) is 5.80. The van der Waals surface area contributed by atoms with Gasteiger partial charge in [-0.1, -0.05) is 30.0 Å². The van der Waals surface area contributed by atoms with Gasteiger partial charge < -0.3 is 14.6 Å². The van der Waals surface area contributed by atoms with Crippen LogP contribution in [0.4, 0.5) is 5.69 Å². The summed E-state index contributed by atoms with van der Waals surface area (Å²) in [5, 5.41) is 16.4. The van der Waals surface area contributed by atoms with Crippen LogP contribution >= 0.6 is 11.8 Å². The molecule has 0 aliphatic carbocycles. The van der Waals surface area contributed by atoms with Gasteiger partial charge in [-0.3, -0.25) is 9.48 Å². The second-order valence-corrected chi connectivity index (χ2v) is 6.87. The van der Waals surface area contributed by atoms with Gasteiger partial charge in [0.05, 0.1) is 12.9 Å². The van der Waals surface area contributed by atoms with E-state index in [0.29, 0.717) is 23.4 Å². The van der Waals surface area contributed by atoms with Crippen molar-refractivity contribution in [1.82, 2.24) is 24.5 Å². The molecule has 0 aliphatic heterocycles. The number of benzene rings is 1. The summed E-state index contributed by atoms with van der Waals surface area (Å²) < 4.78 is 8.94. The first-order valence-corrected chi connectivity index (χ1v) is 9.51. The number of amides is 1. The molecule has 0 fully saturated rings. The number of aromatic nitrogens is 5. The maximum atomic E-state index is 12.3. The van der Waals surface area contributed by atoms with Crippen molar-refractivity contribution in [2.75, 3.05) is 18.2 Å². The number of anilines is 1. The maximum Gasteiger partial charge on any atom is 0.243 e. The summed E-state index contributed by atoms with van der Waals surface area (Å²) >= 11 is 1.35. The number of carbonyl (C=O) groups excluding carboxylic acids is 1. The molecule has 0 radical (unpaired) electrons. The lowest BCUT2D eigenvalue weighted by atomic mass is 10.2. The number of nitrogens with one attached hydrogen (secondary N) is 1. The molecule has 1 N–H and O–H groups in total. The zero-order valence-electron chi connectivity index (χ0n) is 15.8. The molecule has 0 unspecified atom stereocenters. The monoisotopic (exact) mass is 386 g/mol. The smallest absolute Gasteiger partial charge is 0.243 e. The molecule has 0 spiro atoms. The second-order valence-electron chi connectivity index (χ2n) is 5.93. The Balaban J connectivity index is 1.73. The SMILES string of the molecule is CCn1c(SCC(=O)Nc2ccccc2C)nnc1-c1cn(C)nc1OC. The Labute approximate surface area is 161 Å². The van der Waals surface area contributed by atoms with E-state index in [-0.39, 0.29) is 11.7 Å². The van der Waals surface area contributed by atoms with Gasteiger partial charge in [0.1, 0.15) is 5.56 Å². The Morgan fingerprint density at radius 1 is 1.30 bits per heavy atom. The largest absolute Gasteiger partial charge is 0.479 e. The molecule has 0 saturated carbocycles. The third-order valence-corrected chi connectivity index (χ3v) is 4.98. The number of para-hydroxylation sites is 1. The molecule has 1 aromatic carbocycles. The van der Waals surface area contributed by atoms with Crippen LogP contribution in [-0.4, -0.2) is 43.3 Å². The zero-order chi connectivity index (χ0) is 19.4. The highest BCUT2D eigenvalue weighted by Crippen LogP contribution is 2.30. The predicted molar refractivity (Wildman–Crippen MR) is 105 cm³/mol. The number of aryl methyl sites for hydroxylation is 2. The fraction of sp³-hybridized carbons (Fsp3) is 0.333. The van der Waals surface area contributed by atoms with Gasteiger partial charge in [0.2, 0.25) is 11.8 Å². The number of hydrogen-bond donors (Lipinski definition) is 1. The third kappa shape index (κ3) is 4.13. The molecule has 27 heavy (non-hydrogen) atoms. The molecule has 0 saturated heterocycles. The van der Waals surface area contributed by atoms with Crippen molar-refractivity contribution in [3.63, 3.8) is 0 Å². The van der Waals surface area contributed by atoms with Crippen LogP contribution in [-0.2, 0) is 18.4 Å². The molecule has 2 aromatic heterocycles. The number of methoxy groups -OCH3 is 1. The first kappa shape index (κ1) is 19.0. The average molecular weight is 386 g/mol. The van der Waals surface area contributed by atoms with Crippen molar-refractivity contribution in [1.29, 1.82) is 0 Å². The highest BCUT2D eigenvalue weighted by atomic mass is 32.2. The molecule has 9 heteroatoms. The van der Waals surface area contributed by atoms with Gasteiger partial charge in [-0.05, 0) is 25.5 Å². The molecule has 142 valence electrons. The van der Waals surface area contributed by atoms with E-state index in [1.165, 1.54) is 11.8 Å². The number of ether oxygens (including phenoxy) is 1. The van der Waals surface area contributed by atoms with E-state index in [2.05, 4.69) is 20.6 Å². The summed E-state index contributed by atoms with van der Waals surface area (Å²) in [5.74, 6) is 1.33. The summed E-state index contributed by atoms with van der Waals surface area (Å²) in [6.07, 6.45) is 1.84. The number of carbonyl (C=O) groups is 1. The average Bonchev–Trinajstić information content (AvgIpc) is 3.24. The van der Waals surface area contributed by atoms with Gasteiger partial charge in [0, 0.05) is 25.5 Å².